The number of fused-ring (bicyclic) bond motifs is 8. The van der Waals surface area contributed by atoms with Crippen LogP contribution in [-0.2, 0) is 5.41 Å². The molecule has 3 nitrogen and oxygen atoms in total. The third-order valence-corrected chi connectivity index (χ3v) is 10.2. The largest absolute Gasteiger partial charge is 0.308 e. The number of benzene rings is 5. The molecule has 0 fully saturated rings. The highest BCUT2D eigenvalue weighted by Crippen LogP contribution is 2.46. The smallest absolute Gasteiger partial charge is 0.116 e. The molecule has 0 atom stereocenters. The van der Waals surface area contributed by atoms with Crippen molar-refractivity contribution in [3.8, 4) is 22.4 Å². The molecule has 9 rings (SSSR count). The molecule has 4 heterocycles. The van der Waals surface area contributed by atoms with Crippen LogP contribution in [0.3, 0.4) is 0 Å². The molecule has 0 bridgehead atoms. The molecule has 4 heteroatoms. The molecule has 206 valence electrons. The minimum Gasteiger partial charge on any atom is -0.308 e. The Hall–Kier alpha value is -4.80. The van der Waals surface area contributed by atoms with Crippen molar-refractivity contribution in [2.75, 3.05) is 0 Å². The van der Waals surface area contributed by atoms with E-state index in [2.05, 4.69) is 129 Å². The average Bonchev–Trinajstić information content (AvgIpc) is 3.65. The number of aryl methyl sites for hydroxylation is 1. The lowest BCUT2D eigenvalue weighted by Gasteiger charge is -2.22. The molecule has 0 radical (unpaired) electrons. The van der Waals surface area contributed by atoms with E-state index in [1.54, 1.807) is 17.7 Å². The molecule has 0 N–H and O–H groups in total. The SMILES string of the molecule is Cc1sc2c(-c3cc(C(C)(C)C)c4ccccc4c3)ncnc2c1-c1cc2c3ccccc3n3c4ccccc4c(c1)c23. The maximum atomic E-state index is 4.94. The van der Waals surface area contributed by atoms with E-state index in [1.165, 1.54) is 70.4 Å². The van der Waals surface area contributed by atoms with E-state index in [9.17, 15) is 0 Å². The molecule has 43 heavy (non-hydrogen) atoms. The maximum Gasteiger partial charge on any atom is 0.116 e. The van der Waals surface area contributed by atoms with E-state index in [0.29, 0.717) is 0 Å². The van der Waals surface area contributed by atoms with Gasteiger partial charge >= 0.3 is 0 Å². The second-order valence-corrected chi connectivity index (χ2v) is 13.9. The molecule has 0 aliphatic heterocycles. The number of hydrogen-bond donors (Lipinski definition) is 0. The van der Waals surface area contributed by atoms with Gasteiger partial charge in [0.25, 0.3) is 0 Å². The van der Waals surface area contributed by atoms with E-state index < -0.39 is 0 Å². The second-order valence-electron chi connectivity index (χ2n) is 12.7. The first-order valence-electron chi connectivity index (χ1n) is 14.8. The van der Waals surface area contributed by atoms with Crippen LogP contribution < -0.4 is 0 Å². The zero-order valence-electron chi connectivity index (χ0n) is 24.6. The highest BCUT2D eigenvalue weighted by molar-refractivity contribution is 7.20. The lowest BCUT2D eigenvalue weighted by Crippen LogP contribution is -2.12. The molecular formula is C39H29N3S. The van der Waals surface area contributed by atoms with Gasteiger partial charge in [-0.2, -0.15) is 0 Å². The Kier molecular flexibility index (Phi) is 4.97. The van der Waals surface area contributed by atoms with Crippen molar-refractivity contribution in [2.45, 2.75) is 33.1 Å². The number of rotatable bonds is 2. The summed E-state index contributed by atoms with van der Waals surface area (Å²) in [5, 5.41) is 7.70. The van der Waals surface area contributed by atoms with E-state index in [-0.39, 0.29) is 5.41 Å². The summed E-state index contributed by atoms with van der Waals surface area (Å²) >= 11 is 1.81. The van der Waals surface area contributed by atoms with Crippen molar-refractivity contribution >= 4 is 70.4 Å². The van der Waals surface area contributed by atoms with Gasteiger partial charge in [0.2, 0.25) is 0 Å². The summed E-state index contributed by atoms with van der Waals surface area (Å²) in [5.74, 6) is 0. The van der Waals surface area contributed by atoms with E-state index >= 15 is 0 Å². The van der Waals surface area contributed by atoms with Gasteiger partial charge in [-0.25, -0.2) is 9.97 Å². The summed E-state index contributed by atoms with van der Waals surface area (Å²) in [7, 11) is 0. The second kappa shape index (κ2) is 8.62. The fourth-order valence-electron chi connectivity index (χ4n) is 7.23. The van der Waals surface area contributed by atoms with Gasteiger partial charge in [0, 0.05) is 37.5 Å². The van der Waals surface area contributed by atoms with Gasteiger partial charge < -0.3 is 4.40 Å². The molecule has 4 aromatic heterocycles. The standard InChI is InChI=1S/C39H29N3S/c1-22-34(24-18-29-27-13-7-9-15-32(27)42-33-16-10-8-14-28(33)30(19-24)37(29)42)36-38(43-22)35(40-21-41-36)25-17-23-11-5-6-12-26(23)31(20-25)39(2,3)4/h5-21H,1-4H3. The van der Waals surface area contributed by atoms with Crippen molar-refractivity contribution in [3.05, 3.63) is 114 Å². The van der Waals surface area contributed by atoms with Gasteiger partial charge in [-0.3, -0.25) is 0 Å². The molecule has 0 spiro atoms. The number of nitrogens with zero attached hydrogens (tertiary/aromatic N) is 3. The Morgan fingerprint density at radius 1 is 0.651 bits per heavy atom. The predicted molar refractivity (Wildman–Crippen MR) is 184 cm³/mol. The average molecular weight is 572 g/mol. The van der Waals surface area contributed by atoms with Crippen LogP contribution in [-0.4, -0.2) is 14.4 Å². The number of thiophene rings is 1. The minimum absolute atomic E-state index is 0.00579. The lowest BCUT2D eigenvalue weighted by atomic mass is 9.82. The van der Waals surface area contributed by atoms with Crippen LogP contribution in [0.4, 0.5) is 0 Å². The normalized spacial score (nSPS) is 12.7. The quantitative estimate of drug-likeness (QED) is 0.207. The van der Waals surface area contributed by atoms with Crippen LogP contribution in [0.25, 0.3) is 81.5 Å². The monoisotopic (exact) mass is 571 g/mol. The summed E-state index contributed by atoms with van der Waals surface area (Å²) < 4.78 is 3.58. The van der Waals surface area contributed by atoms with Gasteiger partial charge in [0.15, 0.2) is 0 Å². The fourth-order valence-corrected chi connectivity index (χ4v) is 8.37. The van der Waals surface area contributed by atoms with Gasteiger partial charge in [0.05, 0.1) is 32.5 Å². The fraction of sp³-hybridized carbons (Fsp3) is 0.128. The Morgan fingerprint density at radius 2 is 1.28 bits per heavy atom. The van der Waals surface area contributed by atoms with Crippen molar-refractivity contribution in [2.24, 2.45) is 0 Å². The van der Waals surface area contributed by atoms with Gasteiger partial charge in [0.1, 0.15) is 6.33 Å². The van der Waals surface area contributed by atoms with Crippen molar-refractivity contribution in [1.82, 2.24) is 14.4 Å². The summed E-state index contributed by atoms with van der Waals surface area (Å²) in [5.41, 5.74) is 10.7. The molecular weight excluding hydrogens is 543 g/mol. The predicted octanol–water partition coefficient (Wildman–Crippen LogP) is 10.9. The Labute approximate surface area is 253 Å². The third kappa shape index (κ3) is 3.41. The van der Waals surface area contributed by atoms with Crippen LogP contribution >= 0.6 is 11.3 Å². The van der Waals surface area contributed by atoms with E-state index in [1.807, 2.05) is 0 Å². The molecule has 5 aromatic carbocycles. The highest BCUT2D eigenvalue weighted by atomic mass is 32.1. The summed E-state index contributed by atoms with van der Waals surface area (Å²) in [6.45, 7) is 9.10. The van der Waals surface area contributed by atoms with Crippen LogP contribution in [0.5, 0.6) is 0 Å². The zero-order chi connectivity index (χ0) is 29.0. The van der Waals surface area contributed by atoms with Crippen molar-refractivity contribution < 1.29 is 0 Å². The Balaban J connectivity index is 1.34. The number of aromatic nitrogens is 3. The van der Waals surface area contributed by atoms with Crippen molar-refractivity contribution in [3.63, 3.8) is 0 Å². The molecule has 9 aromatic rings. The maximum absolute atomic E-state index is 4.94. The number of para-hydroxylation sites is 2. The minimum atomic E-state index is 0.00579. The summed E-state index contributed by atoms with van der Waals surface area (Å²) in [6, 6.07) is 35.6. The Bertz CT molecular complexity index is 2480. The number of hydrogen-bond acceptors (Lipinski definition) is 3. The summed E-state index contributed by atoms with van der Waals surface area (Å²) in [6.07, 6.45) is 1.75. The molecule has 0 saturated heterocycles. The zero-order valence-corrected chi connectivity index (χ0v) is 25.4. The molecule has 0 aliphatic carbocycles. The first-order valence-corrected chi connectivity index (χ1v) is 15.7. The molecule has 0 saturated carbocycles. The van der Waals surface area contributed by atoms with Crippen molar-refractivity contribution in [1.29, 1.82) is 0 Å². The first-order chi connectivity index (χ1) is 20.9. The van der Waals surface area contributed by atoms with Crippen LogP contribution in [0.2, 0.25) is 0 Å². The lowest BCUT2D eigenvalue weighted by molar-refractivity contribution is 0.596. The first kappa shape index (κ1) is 24.8. The van der Waals surface area contributed by atoms with Gasteiger partial charge in [-0.05, 0) is 70.6 Å². The van der Waals surface area contributed by atoms with Crippen LogP contribution in [0.1, 0.15) is 31.2 Å². The topological polar surface area (TPSA) is 30.2 Å². The Morgan fingerprint density at radius 3 is 1.95 bits per heavy atom. The van der Waals surface area contributed by atoms with Crippen LogP contribution in [0, 0.1) is 6.92 Å². The molecule has 0 amide bonds. The highest BCUT2D eigenvalue weighted by Gasteiger charge is 2.24. The van der Waals surface area contributed by atoms with Crippen LogP contribution in [0.15, 0.2) is 103 Å². The van der Waals surface area contributed by atoms with E-state index in [4.69, 9.17) is 9.97 Å². The summed E-state index contributed by atoms with van der Waals surface area (Å²) in [4.78, 5) is 11.1. The van der Waals surface area contributed by atoms with E-state index in [0.717, 1.165) is 21.5 Å². The van der Waals surface area contributed by atoms with Gasteiger partial charge in [-0.1, -0.05) is 81.4 Å². The molecule has 0 aliphatic rings. The third-order valence-electron chi connectivity index (χ3n) is 9.08. The molecule has 0 unspecified atom stereocenters. The van der Waals surface area contributed by atoms with Gasteiger partial charge in [-0.15, -0.1) is 11.3 Å².